The maximum absolute atomic E-state index is 12.2. The van der Waals surface area contributed by atoms with E-state index in [2.05, 4.69) is 0 Å². The number of fused-ring (bicyclic) bond motifs is 1. The number of ketones is 1. The van der Waals surface area contributed by atoms with Gasteiger partial charge in [-0.1, -0.05) is 31.2 Å². The molecule has 0 bridgehead atoms. The van der Waals surface area contributed by atoms with Crippen LogP contribution in [0.3, 0.4) is 0 Å². The van der Waals surface area contributed by atoms with Crippen molar-refractivity contribution < 1.29 is 19.4 Å². The van der Waals surface area contributed by atoms with E-state index in [1.807, 2.05) is 6.92 Å². The van der Waals surface area contributed by atoms with Crippen molar-refractivity contribution in [3.05, 3.63) is 35.4 Å². The zero-order valence-corrected chi connectivity index (χ0v) is 11.4. The molecule has 2 rings (SSSR count). The molecule has 4 nitrogen and oxygen atoms in total. The predicted molar refractivity (Wildman–Crippen MR) is 69.9 cm³/mol. The first-order valence-corrected chi connectivity index (χ1v) is 6.39. The van der Waals surface area contributed by atoms with Crippen molar-refractivity contribution in [3.8, 4) is 0 Å². The Morgan fingerprint density at radius 1 is 1.42 bits per heavy atom. The largest absolute Gasteiger partial charge is 0.457 e. The summed E-state index contributed by atoms with van der Waals surface area (Å²) in [4.78, 5) is 24.3. The van der Waals surface area contributed by atoms with Crippen molar-refractivity contribution in [3.63, 3.8) is 0 Å². The summed E-state index contributed by atoms with van der Waals surface area (Å²) in [5, 5.41) is 10.4. The number of carbonyl (C=O) groups is 2. The molecule has 0 spiro atoms. The molecule has 0 amide bonds. The maximum atomic E-state index is 12.2. The Hall–Kier alpha value is -1.68. The normalized spacial score (nSPS) is 22.2. The molecule has 0 saturated carbocycles. The third-order valence-electron chi connectivity index (χ3n) is 3.64. The Bertz CT molecular complexity index is 533. The first-order valence-electron chi connectivity index (χ1n) is 6.39. The lowest BCUT2D eigenvalue weighted by molar-refractivity contribution is -0.173. The number of hydrogen-bond acceptors (Lipinski definition) is 4. The average Bonchev–Trinajstić information content (AvgIpc) is 2.63. The topological polar surface area (TPSA) is 63.6 Å². The van der Waals surface area contributed by atoms with E-state index < -0.39 is 23.0 Å². The van der Waals surface area contributed by atoms with Crippen LogP contribution in [-0.4, -0.2) is 28.1 Å². The highest BCUT2D eigenvalue weighted by Gasteiger charge is 2.52. The van der Waals surface area contributed by atoms with Crippen molar-refractivity contribution >= 4 is 11.8 Å². The van der Waals surface area contributed by atoms with Crippen LogP contribution < -0.4 is 0 Å². The number of rotatable bonds is 3. The Labute approximate surface area is 112 Å². The van der Waals surface area contributed by atoms with Gasteiger partial charge in [0.1, 0.15) is 5.60 Å². The Kier molecular flexibility index (Phi) is 3.22. The smallest absolute Gasteiger partial charge is 0.347 e. The quantitative estimate of drug-likeness (QED) is 0.667. The van der Waals surface area contributed by atoms with Crippen molar-refractivity contribution in [2.24, 2.45) is 0 Å². The van der Waals surface area contributed by atoms with Gasteiger partial charge in [-0.25, -0.2) is 4.79 Å². The standard InChI is InChI=1S/C15H18O4/c1-4-14(2,3)19-13(17)15(18)9-10-7-5-6-8-11(10)12(15)16/h5-8,18H,4,9H2,1-3H3. The van der Waals surface area contributed by atoms with Gasteiger partial charge in [0.2, 0.25) is 11.4 Å². The lowest BCUT2D eigenvalue weighted by Crippen LogP contribution is -2.48. The highest BCUT2D eigenvalue weighted by Crippen LogP contribution is 2.32. The van der Waals surface area contributed by atoms with Gasteiger partial charge >= 0.3 is 5.97 Å². The Balaban J connectivity index is 2.27. The van der Waals surface area contributed by atoms with Crippen LogP contribution in [0.15, 0.2) is 24.3 Å². The summed E-state index contributed by atoms with van der Waals surface area (Å²) in [5.41, 5.74) is -1.68. The molecule has 0 heterocycles. The molecular weight excluding hydrogens is 244 g/mol. The molecule has 1 aliphatic carbocycles. The lowest BCUT2D eigenvalue weighted by atomic mass is 9.98. The molecule has 0 fully saturated rings. The Morgan fingerprint density at radius 2 is 2.05 bits per heavy atom. The predicted octanol–water partition coefficient (Wildman–Crippen LogP) is 1.89. The fourth-order valence-corrected chi connectivity index (χ4v) is 2.05. The van der Waals surface area contributed by atoms with Crippen molar-refractivity contribution in [1.82, 2.24) is 0 Å². The van der Waals surface area contributed by atoms with Gasteiger partial charge < -0.3 is 9.84 Å². The summed E-state index contributed by atoms with van der Waals surface area (Å²) < 4.78 is 5.27. The summed E-state index contributed by atoms with van der Waals surface area (Å²) in [7, 11) is 0. The van der Waals surface area contributed by atoms with E-state index in [0.29, 0.717) is 17.5 Å². The molecule has 1 aliphatic rings. The van der Waals surface area contributed by atoms with Gasteiger partial charge in [0, 0.05) is 12.0 Å². The molecule has 1 unspecified atom stereocenters. The van der Waals surface area contributed by atoms with Crippen LogP contribution in [0.1, 0.15) is 43.1 Å². The molecule has 0 aliphatic heterocycles. The third-order valence-corrected chi connectivity index (χ3v) is 3.64. The first-order chi connectivity index (χ1) is 8.80. The first kappa shape index (κ1) is 13.7. The number of Topliss-reactive ketones (excluding diaryl/α,β-unsaturated/α-hetero) is 1. The fourth-order valence-electron chi connectivity index (χ4n) is 2.05. The van der Waals surface area contributed by atoms with E-state index in [9.17, 15) is 14.7 Å². The van der Waals surface area contributed by atoms with Gasteiger partial charge in [0.25, 0.3) is 0 Å². The second kappa shape index (κ2) is 4.46. The van der Waals surface area contributed by atoms with Gasteiger partial charge in [0.05, 0.1) is 0 Å². The number of carbonyl (C=O) groups excluding carboxylic acids is 2. The van der Waals surface area contributed by atoms with E-state index in [4.69, 9.17) is 4.74 Å². The van der Waals surface area contributed by atoms with E-state index in [-0.39, 0.29) is 6.42 Å². The van der Waals surface area contributed by atoms with Gasteiger partial charge in [-0.05, 0) is 25.8 Å². The molecule has 0 aromatic heterocycles. The monoisotopic (exact) mass is 262 g/mol. The van der Waals surface area contributed by atoms with Gasteiger partial charge in [0.15, 0.2) is 0 Å². The second-order valence-electron chi connectivity index (χ2n) is 5.53. The molecule has 1 aromatic carbocycles. The summed E-state index contributed by atoms with van der Waals surface area (Å²) in [6, 6.07) is 6.85. The highest BCUT2D eigenvalue weighted by atomic mass is 16.6. The number of hydrogen-bond donors (Lipinski definition) is 1. The van der Waals surface area contributed by atoms with E-state index in [0.717, 1.165) is 0 Å². The van der Waals surface area contributed by atoms with Crippen LogP contribution in [0.25, 0.3) is 0 Å². The number of benzene rings is 1. The van der Waals surface area contributed by atoms with Crippen LogP contribution in [0.4, 0.5) is 0 Å². The highest BCUT2D eigenvalue weighted by molar-refractivity contribution is 6.18. The SMILES string of the molecule is CCC(C)(C)OC(=O)C1(O)Cc2ccccc2C1=O. The molecule has 19 heavy (non-hydrogen) atoms. The van der Waals surface area contributed by atoms with Crippen molar-refractivity contribution in [1.29, 1.82) is 0 Å². The zero-order chi connectivity index (χ0) is 14.3. The van der Waals surface area contributed by atoms with E-state index in [1.165, 1.54) is 0 Å². The van der Waals surface area contributed by atoms with Crippen LogP contribution in [0.5, 0.6) is 0 Å². The minimum Gasteiger partial charge on any atom is -0.457 e. The number of ether oxygens (including phenoxy) is 1. The van der Waals surface area contributed by atoms with Gasteiger partial charge in [-0.15, -0.1) is 0 Å². The summed E-state index contributed by atoms with van der Waals surface area (Å²) >= 11 is 0. The van der Waals surface area contributed by atoms with Crippen molar-refractivity contribution in [2.75, 3.05) is 0 Å². The average molecular weight is 262 g/mol. The molecule has 4 heteroatoms. The van der Waals surface area contributed by atoms with Gasteiger partial charge in [-0.3, -0.25) is 4.79 Å². The van der Waals surface area contributed by atoms with Crippen LogP contribution in [-0.2, 0) is 16.0 Å². The Morgan fingerprint density at radius 3 is 2.63 bits per heavy atom. The fraction of sp³-hybridized carbons (Fsp3) is 0.467. The molecule has 0 radical (unpaired) electrons. The lowest BCUT2D eigenvalue weighted by Gasteiger charge is -2.28. The van der Waals surface area contributed by atoms with Gasteiger partial charge in [-0.2, -0.15) is 0 Å². The molecule has 1 aromatic rings. The minimum absolute atomic E-state index is 0.0133. The van der Waals surface area contributed by atoms with E-state index in [1.54, 1.807) is 38.1 Å². The van der Waals surface area contributed by atoms with Crippen LogP contribution >= 0.6 is 0 Å². The molecule has 0 saturated heterocycles. The summed E-state index contributed by atoms with van der Waals surface area (Å²) in [5.74, 6) is -1.43. The second-order valence-corrected chi connectivity index (χ2v) is 5.53. The molecule has 1 atom stereocenters. The summed E-state index contributed by atoms with van der Waals surface area (Å²) in [6.07, 6.45) is 0.594. The summed E-state index contributed by atoms with van der Waals surface area (Å²) in [6.45, 7) is 5.38. The number of aliphatic hydroxyl groups is 1. The van der Waals surface area contributed by atoms with E-state index >= 15 is 0 Å². The minimum atomic E-state index is -2.07. The van der Waals surface area contributed by atoms with Crippen LogP contribution in [0, 0.1) is 0 Å². The zero-order valence-electron chi connectivity index (χ0n) is 11.4. The third kappa shape index (κ3) is 2.28. The van der Waals surface area contributed by atoms with Crippen molar-refractivity contribution in [2.45, 2.75) is 44.8 Å². The molecule has 102 valence electrons. The molecule has 1 N–H and O–H groups in total. The number of esters is 1. The molecular formula is C15H18O4. The maximum Gasteiger partial charge on any atom is 0.347 e. The van der Waals surface area contributed by atoms with Crippen LogP contribution in [0.2, 0.25) is 0 Å².